The molecule has 2 heterocycles. The molecule has 2 rings (SSSR count). The Kier molecular flexibility index (Phi) is 3.21. The molecule has 1 aromatic rings. The fourth-order valence-electron chi connectivity index (χ4n) is 1.84. The summed E-state index contributed by atoms with van der Waals surface area (Å²) in [5.74, 6) is 0. The van der Waals surface area contributed by atoms with Crippen molar-refractivity contribution in [2.45, 2.75) is 26.8 Å². The Morgan fingerprint density at radius 2 is 1.80 bits per heavy atom. The van der Waals surface area contributed by atoms with Crippen LogP contribution in [0.3, 0.4) is 0 Å². The molecule has 0 bridgehead atoms. The van der Waals surface area contributed by atoms with E-state index in [1.165, 1.54) is 0 Å². The monoisotopic (exact) mass is 226 g/mol. The van der Waals surface area contributed by atoms with E-state index in [0.29, 0.717) is 6.04 Å². The molecule has 15 heavy (non-hydrogen) atoms. The Labute approximate surface area is 94.9 Å². The van der Waals surface area contributed by atoms with Crippen LogP contribution in [-0.2, 0) is 0 Å². The van der Waals surface area contributed by atoms with E-state index in [9.17, 15) is 0 Å². The fourth-order valence-corrected chi connectivity index (χ4v) is 2.58. The van der Waals surface area contributed by atoms with Gasteiger partial charge in [-0.15, -0.1) is 10.2 Å². The predicted octanol–water partition coefficient (Wildman–Crippen LogP) is 1.38. The summed E-state index contributed by atoms with van der Waals surface area (Å²) in [5.41, 5.74) is 0. The number of rotatable bonds is 2. The molecule has 1 aliphatic heterocycles. The van der Waals surface area contributed by atoms with Crippen molar-refractivity contribution in [3.63, 3.8) is 0 Å². The summed E-state index contributed by atoms with van der Waals surface area (Å²) in [6.45, 7) is 10.9. The summed E-state index contributed by atoms with van der Waals surface area (Å²) in [7, 11) is 0. The molecule has 1 fully saturated rings. The van der Waals surface area contributed by atoms with E-state index in [0.717, 1.165) is 36.3 Å². The summed E-state index contributed by atoms with van der Waals surface area (Å²) < 4.78 is 0. The van der Waals surface area contributed by atoms with Gasteiger partial charge in [0.1, 0.15) is 5.01 Å². The number of aryl methyl sites for hydroxylation is 1. The first-order valence-electron chi connectivity index (χ1n) is 5.46. The van der Waals surface area contributed by atoms with Crippen LogP contribution in [-0.4, -0.2) is 47.3 Å². The Hall–Kier alpha value is -0.680. The van der Waals surface area contributed by atoms with Gasteiger partial charge in [-0.2, -0.15) is 0 Å². The van der Waals surface area contributed by atoms with Crippen LogP contribution in [0.15, 0.2) is 0 Å². The molecule has 0 unspecified atom stereocenters. The first kappa shape index (κ1) is 10.8. The second-order valence-electron chi connectivity index (χ2n) is 4.22. The summed E-state index contributed by atoms with van der Waals surface area (Å²) in [5, 5.41) is 10.4. The van der Waals surface area contributed by atoms with Crippen LogP contribution in [0, 0.1) is 6.92 Å². The number of hydrogen-bond acceptors (Lipinski definition) is 5. The molecule has 0 atom stereocenters. The molecular weight excluding hydrogens is 208 g/mol. The maximum absolute atomic E-state index is 4.19. The van der Waals surface area contributed by atoms with Crippen molar-refractivity contribution in [2.75, 3.05) is 31.1 Å². The predicted molar refractivity (Wildman–Crippen MR) is 63.6 cm³/mol. The maximum Gasteiger partial charge on any atom is 0.208 e. The average molecular weight is 226 g/mol. The summed E-state index contributed by atoms with van der Waals surface area (Å²) >= 11 is 1.69. The third-order valence-electron chi connectivity index (χ3n) is 2.83. The highest BCUT2D eigenvalue weighted by molar-refractivity contribution is 7.15. The van der Waals surface area contributed by atoms with E-state index in [4.69, 9.17) is 0 Å². The molecule has 0 aromatic carbocycles. The van der Waals surface area contributed by atoms with Gasteiger partial charge in [0, 0.05) is 32.2 Å². The van der Waals surface area contributed by atoms with Gasteiger partial charge in [0.05, 0.1) is 0 Å². The zero-order valence-electron chi connectivity index (χ0n) is 9.60. The van der Waals surface area contributed by atoms with Crippen molar-refractivity contribution in [1.82, 2.24) is 15.1 Å². The third kappa shape index (κ3) is 2.46. The first-order valence-corrected chi connectivity index (χ1v) is 6.27. The van der Waals surface area contributed by atoms with E-state index in [2.05, 4.69) is 33.8 Å². The van der Waals surface area contributed by atoms with Gasteiger partial charge in [0.15, 0.2) is 0 Å². The lowest BCUT2D eigenvalue weighted by molar-refractivity contribution is 0.209. The van der Waals surface area contributed by atoms with Crippen molar-refractivity contribution in [2.24, 2.45) is 0 Å². The minimum absolute atomic E-state index is 0.656. The smallest absolute Gasteiger partial charge is 0.208 e. The van der Waals surface area contributed by atoms with Crippen LogP contribution in [0.25, 0.3) is 0 Å². The van der Waals surface area contributed by atoms with Gasteiger partial charge in [-0.25, -0.2) is 0 Å². The van der Waals surface area contributed by atoms with Crippen molar-refractivity contribution < 1.29 is 0 Å². The van der Waals surface area contributed by atoms with Gasteiger partial charge in [-0.05, 0) is 20.8 Å². The number of piperazine rings is 1. The molecule has 0 N–H and O–H groups in total. The quantitative estimate of drug-likeness (QED) is 0.762. The number of hydrogen-bond donors (Lipinski definition) is 0. The van der Waals surface area contributed by atoms with Gasteiger partial charge in [-0.3, -0.25) is 4.90 Å². The lowest BCUT2D eigenvalue weighted by Gasteiger charge is -2.36. The maximum atomic E-state index is 4.19. The molecule has 0 spiro atoms. The van der Waals surface area contributed by atoms with Crippen molar-refractivity contribution in [3.8, 4) is 0 Å². The molecule has 0 radical (unpaired) electrons. The van der Waals surface area contributed by atoms with E-state index in [-0.39, 0.29) is 0 Å². The normalized spacial score (nSPS) is 18.8. The minimum Gasteiger partial charge on any atom is -0.344 e. The number of nitrogens with zero attached hydrogens (tertiary/aromatic N) is 4. The van der Waals surface area contributed by atoms with E-state index >= 15 is 0 Å². The largest absolute Gasteiger partial charge is 0.344 e. The molecule has 0 amide bonds. The highest BCUT2D eigenvalue weighted by Crippen LogP contribution is 2.21. The second kappa shape index (κ2) is 4.45. The molecule has 1 aliphatic rings. The molecule has 0 saturated carbocycles. The van der Waals surface area contributed by atoms with Crippen LogP contribution in [0.4, 0.5) is 5.13 Å². The van der Waals surface area contributed by atoms with Gasteiger partial charge in [-0.1, -0.05) is 11.3 Å². The van der Waals surface area contributed by atoms with Crippen LogP contribution >= 0.6 is 11.3 Å². The molecule has 1 aromatic heterocycles. The van der Waals surface area contributed by atoms with Crippen molar-refractivity contribution >= 4 is 16.5 Å². The minimum atomic E-state index is 0.656. The zero-order valence-corrected chi connectivity index (χ0v) is 10.4. The van der Waals surface area contributed by atoms with Crippen LogP contribution in [0.5, 0.6) is 0 Å². The molecule has 5 heteroatoms. The Balaban J connectivity index is 1.93. The molecular formula is C10H18N4S. The Bertz CT molecular complexity index is 315. The van der Waals surface area contributed by atoms with Gasteiger partial charge in [0.25, 0.3) is 0 Å². The van der Waals surface area contributed by atoms with Crippen molar-refractivity contribution in [3.05, 3.63) is 5.01 Å². The van der Waals surface area contributed by atoms with E-state index in [1.54, 1.807) is 11.3 Å². The van der Waals surface area contributed by atoms with Crippen LogP contribution in [0.1, 0.15) is 18.9 Å². The topological polar surface area (TPSA) is 32.3 Å². The Morgan fingerprint density at radius 1 is 1.13 bits per heavy atom. The van der Waals surface area contributed by atoms with Gasteiger partial charge >= 0.3 is 0 Å². The Morgan fingerprint density at radius 3 is 2.27 bits per heavy atom. The summed E-state index contributed by atoms with van der Waals surface area (Å²) in [4.78, 5) is 4.84. The third-order valence-corrected chi connectivity index (χ3v) is 3.73. The van der Waals surface area contributed by atoms with Crippen LogP contribution < -0.4 is 4.90 Å². The van der Waals surface area contributed by atoms with Crippen molar-refractivity contribution in [1.29, 1.82) is 0 Å². The molecule has 4 nitrogen and oxygen atoms in total. The van der Waals surface area contributed by atoms with Gasteiger partial charge in [0.2, 0.25) is 5.13 Å². The lowest BCUT2D eigenvalue weighted by Crippen LogP contribution is -2.48. The fraction of sp³-hybridized carbons (Fsp3) is 0.800. The standard InChI is InChI=1S/C10H18N4S/c1-8(2)13-4-6-14(7-5-13)10-12-11-9(3)15-10/h8H,4-7H2,1-3H3. The zero-order chi connectivity index (χ0) is 10.8. The number of aromatic nitrogens is 2. The summed E-state index contributed by atoms with van der Waals surface area (Å²) in [6, 6.07) is 0.656. The molecule has 84 valence electrons. The summed E-state index contributed by atoms with van der Waals surface area (Å²) in [6.07, 6.45) is 0. The lowest BCUT2D eigenvalue weighted by atomic mass is 10.2. The first-order chi connectivity index (χ1) is 7.16. The highest BCUT2D eigenvalue weighted by Gasteiger charge is 2.20. The van der Waals surface area contributed by atoms with Crippen LogP contribution in [0.2, 0.25) is 0 Å². The van der Waals surface area contributed by atoms with E-state index in [1.807, 2.05) is 6.92 Å². The van der Waals surface area contributed by atoms with E-state index < -0.39 is 0 Å². The highest BCUT2D eigenvalue weighted by atomic mass is 32.1. The molecule has 1 saturated heterocycles. The SMILES string of the molecule is Cc1nnc(N2CCN(C(C)C)CC2)s1. The second-order valence-corrected chi connectivity index (χ2v) is 5.38. The molecule has 0 aliphatic carbocycles. The van der Waals surface area contributed by atoms with Gasteiger partial charge < -0.3 is 4.90 Å². The average Bonchev–Trinajstić information content (AvgIpc) is 2.65. The number of anilines is 1.